The summed E-state index contributed by atoms with van der Waals surface area (Å²) in [6.45, 7) is 1.98. The molecule has 0 aliphatic carbocycles. The number of imide groups is 1. The lowest BCUT2D eigenvalue weighted by Crippen LogP contribution is -2.30. The summed E-state index contributed by atoms with van der Waals surface area (Å²) in [5, 5.41) is 5.35. The summed E-state index contributed by atoms with van der Waals surface area (Å²) in [6.07, 6.45) is 3.10. The quantitative estimate of drug-likeness (QED) is 0.833. The molecule has 1 fully saturated rings. The van der Waals surface area contributed by atoms with Crippen LogP contribution in [0.25, 0.3) is 0 Å². The van der Waals surface area contributed by atoms with Gasteiger partial charge in [0.15, 0.2) is 0 Å². The van der Waals surface area contributed by atoms with Crippen molar-refractivity contribution >= 4 is 23.5 Å². The Hall–Kier alpha value is -3.22. The molecule has 0 saturated carbocycles. The molecule has 3 rings (SSSR count). The van der Waals surface area contributed by atoms with Gasteiger partial charge in [0.2, 0.25) is 0 Å². The highest BCUT2D eigenvalue weighted by atomic mass is 16.2. The Kier molecular flexibility index (Phi) is 4.24. The van der Waals surface area contributed by atoms with E-state index in [1.54, 1.807) is 49.5 Å². The molecule has 1 aliphatic heterocycles. The molecule has 2 heterocycles. The zero-order valence-electron chi connectivity index (χ0n) is 13.0. The molecule has 1 saturated heterocycles. The minimum Gasteiger partial charge on any atom is -0.348 e. The number of hydrogen-bond acceptors (Lipinski definition) is 4. The average molecular weight is 324 g/mol. The summed E-state index contributed by atoms with van der Waals surface area (Å²) in [7, 11) is 0. The Labute approximate surface area is 138 Å². The van der Waals surface area contributed by atoms with Gasteiger partial charge < -0.3 is 10.6 Å². The summed E-state index contributed by atoms with van der Waals surface area (Å²) in [4.78, 5) is 40.7. The van der Waals surface area contributed by atoms with Crippen LogP contribution in [0.5, 0.6) is 0 Å². The van der Waals surface area contributed by atoms with Gasteiger partial charge in [0.05, 0.1) is 11.3 Å². The molecule has 0 bridgehead atoms. The van der Waals surface area contributed by atoms with Crippen LogP contribution in [0.4, 0.5) is 10.5 Å². The van der Waals surface area contributed by atoms with Gasteiger partial charge in [-0.3, -0.25) is 14.6 Å². The van der Waals surface area contributed by atoms with Gasteiger partial charge in [-0.15, -0.1) is 0 Å². The van der Waals surface area contributed by atoms with Gasteiger partial charge in [0.1, 0.15) is 6.04 Å². The molecule has 1 aromatic carbocycles. The zero-order valence-corrected chi connectivity index (χ0v) is 13.0. The number of hydrogen-bond donors (Lipinski definition) is 2. The first-order valence-electron chi connectivity index (χ1n) is 7.48. The maximum atomic E-state index is 12.0. The van der Waals surface area contributed by atoms with Crippen LogP contribution in [0, 0.1) is 0 Å². The molecule has 1 aliphatic rings. The number of rotatable bonds is 4. The molecule has 1 atom stereocenters. The van der Waals surface area contributed by atoms with Crippen molar-refractivity contribution in [3.8, 4) is 0 Å². The molecule has 1 aromatic heterocycles. The van der Waals surface area contributed by atoms with Gasteiger partial charge in [-0.25, -0.2) is 9.69 Å². The minimum absolute atomic E-state index is 0.213. The van der Waals surface area contributed by atoms with Crippen LogP contribution in [0.3, 0.4) is 0 Å². The van der Waals surface area contributed by atoms with Crippen LogP contribution in [-0.2, 0) is 11.3 Å². The second-order valence-electron chi connectivity index (χ2n) is 5.44. The van der Waals surface area contributed by atoms with Crippen molar-refractivity contribution < 1.29 is 14.4 Å². The molecule has 24 heavy (non-hydrogen) atoms. The number of carbonyl (C=O) groups is 3. The molecule has 1 unspecified atom stereocenters. The Morgan fingerprint density at radius 3 is 2.58 bits per heavy atom. The zero-order chi connectivity index (χ0) is 17.1. The predicted octanol–water partition coefficient (Wildman–Crippen LogP) is 1.46. The summed E-state index contributed by atoms with van der Waals surface area (Å²) in [5.41, 5.74) is 1.85. The maximum absolute atomic E-state index is 12.0. The van der Waals surface area contributed by atoms with Crippen molar-refractivity contribution in [3.05, 3.63) is 59.9 Å². The third kappa shape index (κ3) is 3.10. The van der Waals surface area contributed by atoms with E-state index < -0.39 is 12.1 Å². The lowest BCUT2D eigenvalue weighted by atomic mass is 10.2. The highest BCUT2D eigenvalue weighted by Crippen LogP contribution is 2.20. The fourth-order valence-electron chi connectivity index (χ4n) is 2.39. The van der Waals surface area contributed by atoms with Crippen LogP contribution in [0.1, 0.15) is 22.8 Å². The molecule has 122 valence electrons. The monoisotopic (exact) mass is 324 g/mol. The topological polar surface area (TPSA) is 91.4 Å². The Morgan fingerprint density at radius 1 is 1.25 bits per heavy atom. The summed E-state index contributed by atoms with van der Waals surface area (Å²) in [6, 6.07) is 9.33. The first-order chi connectivity index (χ1) is 11.6. The number of benzene rings is 1. The number of anilines is 1. The third-order valence-electron chi connectivity index (χ3n) is 3.71. The highest BCUT2D eigenvalue weighted by molar-refractivity contribution is 6.21. The highest BCUT2D eigenvalue weighted by Gasteiger charge is 2.35. The lowest BCUT2D eigenvalue weighted by molar-refractivity contribution is -0.117. The second kappa shape index (κ2) is 6.49. The van der Waals surface area contributed by atoms with Gasteiger partial charge in [0.25, 0.3) is 11.8 Å². The molecule has 0 radical (unpaired) electrons. The molecule has 7 heteroatoms. The van der Waals surface area contributed by atoms with Crippen LogP contribution in [0.15, 0.2) is 48.8 Å². The number of amides is 4. The molecular weight excluding hydrogens is 308 g/mol. The first-order valence-corrected chi connectivity index (χ1v) is 7.48. The van der Waals surface area contributed by atoms with Crippen molar-refractivity contribution in [3.63, 3.8) is 0 Å². The minimum atomic E-state index is -0.518. The lowest BCUT2D eigenvalue weighted by Gasteiger charge is -2.13. The van der Waals surface area contributed by atoms with E-state index in [1.807, 2.05) is 0 Å². The SMILES string of the molecule is CC1NC(=O)N(c2ccc(CNC(=O)c3cccnc3)cc2)C1=O. The largest absolute Gasteiger partial charge is 0.348 e. The van der Waals surface area contributed by atoms with Gasteiger partial charge in [-0.1, -0.05) is 12.1 Å². The predicted molar refractivity (Wildman–Crippen MR) is 87.3 cm³/mol. The number of carbonyl (C=O) groups excluding carboxylic acids is 3. The van der Waals surface area contributed by atoms with Crippen LogP contribution in [-0.4, -0.2) is 28.9 Å². The van der Waals surface area contributed by atoms with Gasteiger partial charge in [-0.2, -0.15) is 0 Å². The van der Waals surface area contributed by atoms with Crippen LogP contribution < -0.4 is 15.5 Å². The number of pyridine rings is 1. The fourth-order valence-corrected chi connectivity index (χ4v) is 2.39. The van der Waals surface area contributed by atoms with Crippen LogP contribution in [0.2, 0.25) is 0 Å². The van der Waals surface area contributed by atoms with E-state index in [0.29, 0.717) is 17.8 Å². The Bertz CT molecular complexity index is 774. The summed E-state index contributed by atoms with van der Waals surface area (Å²) < 4.78 is 0. The normalized spacial score (nSPS) is 16.9. The maximum Gasteiger partial charge on any atom is 0.329 e. The van der Waals surface area contributed by atoms with E-state index in [4.69, 9.17) is 0 Å². The van der Waals surface area contributed by atoms with E-state index in [9.17, 15) is 14.4 Å². The third-order valence-corrected chi connectivity index (χ3v) is 3.71. The van der Waals surface area contributed by atoms with E-state index in [1.165, 1.54) is 6.20 Å². The molecule has 2 N–H and O–H groups in total. The van der Waals surface area contributed by atoms with Gasteiger partial charge in [-0.05, 0) is 36.8 Å². The van der Waals surface area contributed by atoms with Crippen molar-refractivity contribution in [2.24, 2.45) is 0 Å². The smallest absolute Gasteiger partial charge is 0.329 e. The van der Waals surface area contributed by atoms with Crippen molar-refractivity contribution in [1.29, 1.82) is 0 Å². The number of aromatic nitrogens is 1. The average Bonchev–Trinajstić information content (AvgIpc) is 2.86. The molecule has 4 amide bonds. The van der Waals surface area contributed by atoms with E-state index in [2.05, 4.69) is 15.6 Å². The first kappa shape index (κ1) is 15.7. The molecule has 2 aromatic rings. The Morgan fingerprint density at radius 2 is 2.00 bits per heavy atom. The van der Waals surface area contributed by atoms with Crippen molar-refractivity contribution in [2.45, 2.75) is 19.5 Å². The fraction of sp³-hybridized carbons (Fsp3) is 0.176. The number of nitrogens with one attached hydrogen (secondary N) is 2. The summed E-state index contributed by atoms with van der Waals surface area (Å²) >= 11 is 0. The molecule has 0 spiro atoms. The van der Waals surface area contributed by atoms with Gasteiger partial charge >= 0.3 is 6.03 Å². The Balaban J connectivity index is 1.64. The van der Waals surface area contributed by atoms with Crippen LogP contribution >= 0.6 is 0 Å². The summed E-state index contributed by atoms with van der Waals surface area (Å²) in [5.74, 6) is -0.493. The van der Waals surface area contributed by atoms with E-state index in [-0.39, 0.29) is 11.8 Å². The van der Waals surface area contributed by atoms with Gasteiger partial charge in [0, 0.05) is 18.9 Å². The van der Waals surface area contributed by atoms with Crippen molar-refractivity contribution in [2.75, 3.05) is 4.90 Å². The van der Waals surface area contributed by atoms with Crippen molar-refractivity contribution in [1.82, 2.24) is 15.6 Å². The standard InChI is InChI=1S/C17H16N4O3/c1-11-16(23)21(17(24)20-11)14-6-4-12(5-7-14)9-19-15(22)13-3-2-8-18-10-13/h2-8,10-11H,9H2,1H3,(H,19,22)(H,20,24). The molecular formula is C17H16N4O3. The number of nitrogens with zero attached hydrogens (tertiary/aromatic N) is 2. The second-order valence-corrected chi connectivity index (χ2v) is 5.44. The van der Waals surface area contributed by atoms with E-state index in [0.717, 1.165) is 10.5 Å². The number of urea groups is 1. The van der Waals surface area contributed by atoms with E-state index >= 15 is 0 Å². The molecule has 7 nitrogen and oxygen atoms in total.